The minimum atomic E-state index is 0.879. The Morgan fingerprint density at radius 2 is 2.42 bits per heavy atom. The summed E-state index contributed by atoms with van der Waals surface area (Å²) < 4.78 is 1.26. The van der Waals surface area contributed by atoms with Gasteiger partial charge in [0.25, 0.3) is 0 Å². The standard InChI is InChI=1S/C8H12BNO.W/c1-3-9-8-10(4-2)6-5-7-11;/h5-6H,3,8H2,1-2H3;/q-1;/b6-5-;. The summed E-state index contributed by atoms with van der Waals surface area (Å²) >= 11 is 1.42. The van der Waals surface area contributed by atoms with Gasteiger partial charge in [-0.05, 0) is 0 Å². The Morgan fingerprint density at radius 3 is 2.83 bits per heavy atom. The molecule has 0 unspecified atom stereocenters. The second-order valence-electron chi connectivity index (χ2n) is 2.30. The molecule has 0 fully saturated rings. The molecular weight excluding hydrogens is 321 g/mol. The van der Waals surface area contributed by atoms with Crippen molar-refractivity contribution in [3.63, 3.8) is 0 Å². The molecule has 65 valence electrons. The molecule has 4 heteroatoms. The Labute approximate surface area is 85.7 Å². The molecule has 0 saturated heterocycles. The zero-order valence-corrected chi connectivity index (χ0v) is 10.3. The minimum absolute atomic E-state index is 0.879. The number of carbonyl (C=O) groups excluding carboxylic acids is 1. The maximum absolute atomic E-state index is 9.95. The van der Waals surface area contributed by atoms with Crippen molar-refractivity contribution in [2.75, 3.05) is 6.44 Å². The van der Waals surface area contributed by atoms with E-state index in [4.69, 9.17) is 0 Å². The molecule has 1 radical (unpaired) electrons. The summed E-state index contributed by atoms with van der Waals surface area (Å²) in [6.07, 6.45) is 6.84. The van der Waals surface area contributed by atoms with Crippen LogP contribution in [0.25, 0.3) is 0 Å². The predicted octanol–water partition coefficient (Wildman–Crippen LogP) is 0.708. The maximum atomic E-state index is 9.95. The SMILES string of the molecule is CC[B]CN(/C=C\[C-]=O)[C](C)=[W]. The van der Waals surface area contributed by atoms with Gasteiger partial charge in [-0.1, -0.05) is 0 Å². The van der Waals surface area contributed by atoms with Crippen LogP contribution in [0.4, 0.5) is 0 Å². The van der Waals surface area contributed by atoms with Gasteiger partial charge in [0.1, 0.15) is 0 Å². The first-order valence-corrected chi connectivity index (χ1v) is 5.32. The molecule has 2 nitrogen and oxygen atoms in total. The van der Waals surface area contributed by atoms with E-state index in [-0.39, 0.29) is 0 Å². The van der Waals surface area contributed by atoms with Gasteiger partial charge in [-0.2, -0.15) is 0 Å². The summed E-state index contributed by atoms with van der Waals surface area (Å²) in [5.74, 6) is 0. The quantitative estimate of drug-likeness (QED) is 0.406. The van der Waals surface area contributed by atoms with Gasteiger partial charge >= 0.3 is 85.5 Å². The van der Waals surface area contributed by atoms with E-state index in [2.05, 4.69) is 14.2 Å². The van der Waals surface area contributed by atoms with Crippen LogP contribution in [-0.4, -0.2) is 28.9 Å². The van der Waals surface area contributed by atoms with Crippen molar-refractivity contribution < 1.29 is 24.1 Å². The molecule has 0 atom stereocenters. The van der Waals surface area contributed by atoms with Gasteiger partial charge in [0.05, 0.1) is 0 Å². The second kappa shape index (κ2) is 7.48. The monoisotopic (exact) mass is 333 g/mol. The summed E-state index contributed by atoms with van der Waals surface area (Å²) in [6.45, 7) is 4.15. The molecule has 0 spiro atoms. The van der Waals surface area contributed by atoms with E-state index in [1.807, 2.05) is 11.8 Å². The van der Waals surface area contributed by atoms with Crippen LogP contribution < -0.4 is 0 Å². The van der Waals surface area contributed by atoms with E-state index >= 15 is 0 Å². The van der Waals surface area contributed by atoms with Crippen LogP contribution >= 0.6 is 0 Å². The van der Waals surface area contributed by atoms with Gasteiger partial charge in [0.15, 0.2) is 0 Å². The average molecular weight is 333 g/mol. The van der Waals surface area contributed by atoms with Gasteiger partial charge in [-0.25, -0.2) is 0 Å². The van der Waals surface area contributed by atoms with E-state index in [9.17, 15) is 4.79 Å². The van der Waals surface area contributed by atoms with Crippen molar-refractivity contribution in [3.8, 4) is 0 Å². The van der Waals surface area contributed by atoms with Crippen molar-refractivity contribution in [1.82, 2.24) is 4.90 Å². The van der Waals surface area contributed by atoms with Gasteiger partial charge in [0.2, 0.25) is 0 Å². The molecule has 0 N–H and O–H groups in total. The first-order chi connectivity index (χ1) is 5.72. The Kier molecular flexibility index (Phi) is 7.38. The number of rotatable bonds is 6. The fraction of sp³-hybridized carbons (Fsp3) is 0.500. The zero-order chi connectivity index (χ0) is 9.40. The predicted molar refractivity (Wildman–Crippen MR) is 48.5 cm³/mol. The third kappa shape index (κ3) is 5.48. The van der Waals surface area contributed by atoms with E-state index in [0.717, 1.165) is 12.8 Å². The Bertz CT molecular complexity index is 182. The number of nitrogens with zero attached hydrogens (tertiary/aromatic N) is 1. The number of hydrogen-bond acceptors (Lipinski definition) is 2. The van der Waals surface area contributed by atoms with Crippen LogP contribution in [0.3, 0.4) is 0 Å². The summed E-state index contributed by atoms with van der Waals surface area (Å²) in [6, 6.07) is 0. The zero-order valence-electron chi connectivity index (χ0n) is 7.41. The average Bonchev–Trinajstić information content (AvgIpc) is 2.04. The molecule has 0 heterocycles. The molecular formula is C8H12BNOW-. The molecule has 0 aliphatic carbocycles. The molecule has 0 aromatic rings. The normalized spacial score (nSPS) is 9.83. The first kappa shape index (κ1) is 11.8. The first-order valence-electron chi connectivity index (χ1n) is 3.85. The summed E-state index contributed by atoms with van der Waals surface area (Å²) in [4.78, 5) is 12.0. The third-order valence-electron chi connectivity index (χ3n) is 1.34. The molecule has 0 amide bonds. The number of allylic oxidation sites excluding steroid dienone is 1. The van der Waals surface area contributed by atoms with Crippen LogP contribution in [0.5, 0.6) is 0 Å². The van der Waals surface area contributed by atoms with Crippen molar-refractivity contribution in [2.24, 2.45) is 0 Å². The second-order valence-corrected chi connectivity index (χ2v) is 4.42. The number of hydrogen-bond donors (Lipinski definition) is 0. The van der Waals surface area contributed by atoms with Crippen LogP contribution in [0.15, 0.2) is 12.3 Å². The molecule has 0 bridgehead atoms. The topological polar surface area (TPSA) is 20.3 Å². The van der Waals surface area contributed by atoms with Crippen LogP contribution in [0.1, 0.15) is 13.8 Å². The molecule has 0 rings (SSSR count). The van der Waals surface area contributed by atoms with Crippen molar-refractivity contribution in [1.29, 1.82) is 0 Å². The molecule has 0 aliphatic rings. The Hall–Kier alpha value is -0.167. The Morgan fingerprint density at radius 1 is 1.75 bits per heavy atom. The van der Waals surface area contributed by atoms with E-state index < -0.39 is 0 Å². The van der Waals surface area contributed by atoms with Crippen molar-refractivity contribution in [3.05, 3.63) is 12.3 Å². The fourth-order valence-electron chi connectivity index (χ4n) is 0.683. The van der Waals surface area contributed by atoms with Crippen LogP contribution in [0, 0.1) is 0 Å². The summed E-state index contributed by atoms with van der Waals surface area (Å²) in [7, 11) is 2.17. The van der Waals surface area contributed by atoms with Crippen LogP contribution in [-0.2, 0) is 24.1 Å². The molecule has 0 aromatic heterocycles. The van der Waals surface area contributed by atoms with Gasteiger partial charge in [-0.3, -0.25) is 0 Å². The summed E-state index contributed by atoms with van der Waals surface area (Å²) in [5.41, 5.74) is 0. The van der Waals surface area contributed by atoms with E-state index in [1.165, 1.54) is 29.5 Å². The molecule has 0 saturated carbocycles. The third-order valence-corrected chi connectivity index (χ3v) is 2.18. The molecule has 0 aromatic carbocycles. The molecule has 12 heavy (non-hydrogen) atoms. The van der Waals surface area contributed by atoms with E-state index in [1.54, 1.807) is 12.5 Å². The van der Waals surface area contributed by atoms with Crippen molar-refractivity contribution >= 4 is 17.6 Å². The van der Waals surface area contributed by atoms with Crippen LogP contribution in [0.2, 0.25) is 6.32 Å². The van der Waals surface area contributed by atoms with Gasteiger partial charge in [0, 0.05) is 0 Å². The summed E-state index contributed by atoms with van der Waals surface area (Å²) in [5, 5.41) is 0. The molecule has 0 aliphatic heterocycles. The fourth-order valence-corrected chi connectivity index (χ4v) is 1.17. The van der Waals surface area contributed by atoms with Crippen molar-refractivity contribution in [2.45, 2.75) is 20.2 Å². The Balaban J connectivity index is 3.94. The van der Waals surface area contributed by atoms with Gasteiger partial charge in [-0.15, -0.1) is 0 Å². The van der Waals surface area contributed by atoms with Gasteiger partial charge < -0.3 is 0 Å². The van der Waals surface area contributed by atoms with E-state index in [0.29, 0.717) is 0 Å².